The van der Waals surface area contributed by atoms with Gasteiger partial charge in [0.1, 0.15) is 5.82 Å². The van der Waals surface area contributed by atoms with Crippen molar-refractivity contribution in [3.8, 4) is 34.1 Å². The average Bonchev–Trinajstić information content (AvgIpc) is 3.52. The van der Waals surface area contributed by atoms with Crippen LogP contribution in [0, 0.1) is 32.9 Å². The zero-order chi connectivity index (χ0) is 30.2. The summed E-state index contributed by atoms with van der Waals surface area (Å²) in [7, 11) is 0. The second-order valence-corrected chi connectivity index (χ2v) is 11.4. The molecule has 0 spiro atoms. The third kappa shape index (κ3) is 5.85. The Morgan fingerprint density at radius 3 is 2.44 bits per heavy atom. The van der Waals surface area contributed by atoms with Crippen molar-refractivity contribution < 1.29 is 25.8 Å². The quantitative estimate of drug-likeness (QED) is 0.145. The SMILES string of the molecule is CCCCc1ccnc(-n2c3[c-]c(Oc4[c-]c(-n5nc(C)c(-c6ccccc6)c5C)ccc4)ccc3c3cc(C)ccc32)c1.[Pt+2]. The van der Waals surface area contributed by atoms with Gasteiger partial charge in [-0.1, -0.05) is 66.9 Å². The first kappa shape index (κ1) is 30.6. The van der Waals surface area contributed by atoms with E-state index >= 15 is 0 Å². The van der Waals surface area contributed by atoms with E-state index in [0.717, 1.165) is 69.7 Å². The van der Waals surface area contributed by atoms with Gasteiger partial charge in [-0.2, -0.15) is 17.2 Å². The molecule has 3 heterocycles. The van der Waals surface area contributed by atoms with Crippen molar-refractivity contribution >= 4 is 21.8 Å². The maximum atomic E-state index is 6.41. The van der Waals surface area contributed by atoms with Crippen LogP contribution < -0.4 is 4.74 Å². The van der Waals surface area contributed by atoms with E-state index in [4.69, 9.17) is 14.8 Å². The van der Waals surface area contributed by atoms with E-state index in [1.807, 2.05) is 48.1 Å². The predicted octanol–water partition coefficient (Wildman–Crippen LogP) is 9.69. The van der Waals surface area contributed by atoms with Gasteiger partial charge in [-0.25, -0.2) is 4.98 Å². The van der Waals surface area contributed by atoms with Crippen molar-refractivity contribution in [1.29, 1.82) is 0 Å². The number of aryl methyl sites for hydroxylation is 3. The molecule has 0 aliphatic carbocycles. The third-order valence-corrected chi connectivity index (χ3v) is 8.22. The molecule has 45 heavy (non-hydrogen) atoms. The molecular weight excluding hydrogens is 736 g/mol. The summed E-state index contributed by atoms with van der Waals surface area (Å²) in [5, 5.41) is 7.15. The van der Waals surface area contributed by atoms with Crippen LogP contribution in [0.3, 0.4) is 0 Å². The van der Waals surface area contributed by atoms with Gasteiger partial charge >= 0.3 is 21.1 Å². The van der Waals surface area contributed by atoms with Crippen molar-refractivity contribution in [2.45, 2.75) is 47.0 Å². The van der Waals surface area contributed by atoms with E-state index in [2.05, 4.69) is 98.1 Å². The zero-order valence-corrected chi connectivity index (χ0v) is 28.1. The average molecular weight is 770 g/mol. The smallest absolute Gasteiger partial charge is 0.509 e. The summed E-state index contributed by atoms with van der Waals surface area (Å²) in [4.78, 5) is 4.80. The molecule has 0 saturated carbocycles. The maximum Gasteiger partial charge on any atom is 2.00 e. The Balaban J connectivity index is 0.00000357. The van der Waals surface area contributed by atoms with E-state index in [1.165, 1.54) is 16.5 Å². The molecule has 7 rings (SSSR count). The van der Waals surface area contributed by atoms with Gasteiger partial charge in [-0.3, -0.25) is 4.68 Å². The molecule has 226 valence electrons. The van der Waals surface area contributed by atoms with Gasteiger partial charge in [0, 0.05) is 34.5 Å². The molecule has 0 radical (unpaired) electrons. The number of hydrogen-bond donors (Lipinski definition) is 0. The summed E-state index contributed by atoms with van der Waals surface area (Å²) in [5.74, 6) is 2.11. The minimum Gasteiger partial charge on any atom is -0.509 e. The van der Waals surface area contributed by atoms with Crippen LogP contribution in [0.1, 0.15) is 42.3 Å². The predicted molar refractivity (Wildman–Crippen MR) is 178 cm³/mol. The third-order valence-electron chi connectivity index (χ3n) is 8.22. The van der Waals surface area contributed by atoms with Crippen LogP contribution in [0.25, 0.3) is 44.4 Å². The van der Waals surface area contributed by atoms with Gasteiger partial charge in [0.2, 0.25) is 0 Å². The second kappa shape index (κ2) is 12.9. The Bertz CT molecular complexity index is 2130. The normalized spacial score (nSPS) is 11.2. The fourth-order valence-electron chi connectivity index (χ4n) is 6.09. The molecule has 0 unspecified atom stereocenters. The minimum absolute atomic E-state index is 0. The molecule has 0 N–H and O–H groups in total. The summed E-state index contributed by atoms with van der Waals surface area (Å²) in [5.41, 5.74) is 9.69. The van der Waals surface area contributed by atoms with Crippen molar-refractivity contribution in [2.24, 2.45) is 0 Å². The Kier molecular flexibility index (Phi) is 8.74. The van der Waals surface area contributed by atoms with Crippen molar-refractivity contribution in [3.05, 3.63) is 132 Å². The van der Waals surface area contributed by atoms with Crippen LogP contribution in [-0.2, 0) is 27.5 Å². The van der Waals surface area contributed by atoms with Crippen molar-refractivity contribution in [3.63, 3.8) is 0 Å². The molecule has 0 bridgehead atoms. The first-order chi connectivity index (χ1) is 21.5. The van der Waals surface area contributed by atoms with Gasteiger partial charge in [-0.15, -0.1) is 35.7 Å². The number of unbranched alkanes of at least 4 members (excludes halogenated alkanes) is 1. The van der Waals surface area contributed by atoms with E-state index in [9.17, 15) is 0 Å². The number of ether oxygens (including phenoxy) is 1. The van der Waals surface area contributed by atoms with Crippen LogP contribution in [0.15, 0.2) is 97.2 Å². The number of benzene rings is 4. The molecule has 0 aliphatic rings. The number of rotatable bonds is 8. The number of fused-ring (bicyclic) bond motifs is 3. The van der Waals surface area contributed by atoms with Gasteiger partial charge in [0.15, 0.2) is 0 Å². The van der Waals surface area contributed by atoms with Crippen LogP contribution in [0.5, 0.6) is 11.5 Å². The van der Waals surface area contributed by atoms with E-state index in [1.54, 1.807) is 0 Å². The van der Waals surface area contributed by atoms with Crippen LogP contribution in [-0.4, -0.2) is 19.3 Å². The fraction of sp³-hybridized carbons (Fsp3) is 0.179. The largest absolute Gasteiger partial charge is 2.00 e. The molecular formula is C39H34N4OPt. The summed E-state index contributed by atoms with van der Waals surface area (Å²) in [6.45, 7) is 8.49. The topological polar surface area (TPSA) is 44.9 Å². The van der Waals surface area contributed by atoms with Crippen molar-refractivity contribution in [2.75, 3.05) is 0 Å². The van der Waals surface area contributed by atoms with Crippen molar-refractivity contribution in [1.82, 2.24) is 19.3 Å². The summed E-state index contributed by atoms with van der Waals surface area (Å²) >= 11 is 0. The summed E-state index contributed by atoms with van der Waals surface area (Å²) in [6.07, 6.45) is 5.26. The van der Waals surface area contributed by atoms with E-state index in [0.29, 0.717) is 11.5 Å². The summed E-state index contributed by atoms with van der Waals surface area (Å²) in [6, 6.07) is 38.3. The molecule has 0 aliphatic heterocycles. The number of pyridine rings is 1. The molecule has 7 aromatic rings. The molecule has 6 heteroatoms. The minimum atomic E-state index is 0. The molecule has 0 amide bonds. The van der Waals surface area contributed by atoms with E-state index < -0.39 is 0 Å². The number of aromatic nitrogens is 4. The van der Waals surface area contributed by atoms with Gasteiger partial charge in [0.25, 0.3) is 0 Å². The first-order valence-corrected chi connectivity index (χ1v) is 15.2. The van der Waals surface area contributed by atoms with Gasteiger partial charge < -0.3 is 9.30 Å². The monoisotopic (exact) mass is 769 g/mol. The Hall–Kier alpha value is -4.47. The number of nitrogens with zero attached hydrogens (tertiary/aromatic N) is 4. The fourth-order valence-corrected chi connectivity index (χ4v) is 6.09. The molecule has 0 atom stereocenters. The zero-order valence-electron chi connectivity index (χ0n) is 25.9. The molecule has 5 nitrogen and oxygen atoms in total. The second-order valence-electron chi connectivity index (χ2n) is 11.4. The Morgan fingerprint density at radius 2 is 1.62 bits per heavy atom. The van der Waals surface area contributed by atoms with E-state index in [-0.39, 0.29) is 21.1 Å². The van der Waals surface area contributed by atoms with Gasteiger partial charge in [-0.05, 0) is 74.0 Å². The van der Waals surface area contributed by atoms with Gasteiger partial charge in [0.05, 0.1) is 5.69 Å². The number of hydrogen-bond acceptors (Lipinski definition) is 3. The molecule has 4 aromatic carbocycles. The molecule has 0 saturated heterocycles. The Labute approximate surface area is 278 Å². The van der Waals surface area contributed by atoms with Crippen LogP contribution >= 0.6 is 0 Å². The molecule has 0 fully saturated rings. The standard InChI is InChI=1S/C39H34N4O.Pt/c1-5-6-11-29-20-21-40-38(23-29)42-36-19-16-26(2)22-35(36)34-18-17-33(25-37(34)42)44-32-15-10-14-31(24-32)43-28(4)39(27(3)41-43)30-12-8-7-9-13-30;/h7-10,12-23H,5-6,11H2,1-4H3;/q-2;+2. The molecule has 3 aromatic heterocycles. The first-order valence-electron chi connectivity index (χ1n) is 15.2. The maximum absolute atomic E-state index is 6.41. The van der Waals surface area contributed by atoms with Crippen LogP contribution in [0.2, 0.25) is 0 Å². The Morgan fingerprint density at radius 1 is 0.800 bits per heavy atom. The summed E-state index contributed by atoms with van der Waals surface area (Å²) < 4.78 is 10.6. The van der Waals surface area contributed by atoms with Crippen LogP contribution in [0.4, 0.5) is 0 Å².